The van der Waals surface area contributed by atoms with Gasteiger partial charge < -0.3 is 0 Å². The van der Waals surface area contributed by atoms with Gasteiger partial charge in [-0.15, -0.1) is 0 Å². The molecule has 41 valence electrons. The van der Waals surface area contributed by atoms with E-state index in [2.05, 4.69) is 9.97 Å². The van der Waals surface area contributed by atoms with Crippen molar-refractivity contribution in [2.24, 2.45) is 0 Å². The Labute approximate surface area is 47.0 Å². The predicted molar refractivity (Wildman–Crippen MR) is 26.9 cm³/mol. The number of hydrogen-bond acceptors (Lipinski definition) is 2. The molecule has 0 atom stereocenters. The zero-order chi connectivity index (χ0) is 5.98. The second-order valence-electron chi connectivity index (χ2n) is 1.54. The van der Waals surface area contributed by atoms with Crippen molar-refractivity contribution in [1.29, 1.82) is 0 Å². The van der Waals surface area contributed by atoms with Crippen LogP contribution in [0.15, 0.2) is 12.4 Å². The summed E-state index contributed by atoms with van der Waals surface area (Å²) in [5, 5.41) is 10.2. The van der Waals surface area contributed by atoms with Crippen molar-refractivity contribution in [2.45, 2.75) is 6.92 Å². The van der Waals surface area contributed by atoms with Crippen LogP contribution in [0.25, 0.3) is 0 Å². The van der Waals surface area contributed by atoms with E-state index in [1.807, 2.05) is 6.92 Å². The van der Waals surface area contributed by atoms with Crippen LogP contribution >= 0.6 is 0 Å². The van der Waals surface area contributed by atoms with Gasteiger partial charge in [0.05, 0.1) is 0 Å². The number of nitrogens with zero attached hydrogens (tertiary/aromatic N) is 2. The van der Waals surface area contributed by atoms with E-state index in [0.29, 0.717) is 0 Å². The van der Waals surface area contributed by atoms with Gasteiger partial charge in [-0.2, -0.15) is 9.97 Å². The van der Waals surface area contributed by atoms with Crippen LogP contribution in [-0.4, -0.2) is 9.97 Å². The summed E-state index contributed by atoms with van der Waals surface area (Å²) in [5.74, 6) is 0. The molecule has 0 amide bonds. The van der Waals surface area contributed by atoms with Gasteiger partial charge in [0.25, 0.3) is 0 Å². The van der Waals surface area contributed by atoms with Gasteiger partial charge in [-0.1, -0.05) is 0 Å². The third-order valence-corrected chi connectivity index (χ3v) is 0.757. The Balaban J connectivity index is 3.03. The van der Waals surface area contributed by atoms with Crippen LogP contribution < -0.4 is 0 Å². The third kappa shape index (κ3) is 0.932. The second kappa shape index (κ2) is 1.78. The summed E-state index contributed by atoms with van der Waals surface area (Å²) >= 11 is 0. The highest BCUT2D eigenvalue weighted by atomic mass is 16.3. The molecule has 0 aromatic carbocycles. The SMILES string of the molecule is Cc1cnc([O])nc1. The largest absolute Gasteiger partial charge is 0.366 e. The lowest BCUT2D eigenvalue weighted by molar-refractivity contribution is 0.318. The molecule has 0 fully saturated rings. The Bertz CT molecular complexity index is 149. The molecule has 8 heavy (non-hydrogen) atoms. The Morgan fingerprint density at radius 2 is 1.88 bits per heavy atom. The van der Waals surface area contributed by atoms with Crippen LogP contribution in [0.5, 0.6) is 6.01 Å². The number of rotatable bonds is 0. The minimum atomic E-state index is -0.421. The Morgan fingerprint density at radius 1 is 1.38 bits per heavy atom. The molecule has 3 heteroatoms. The zero-order valence-corrected chi connectivity index (χ0v) is 4.46. The van der Waals surface area contributed by atoms with E-state index >= 15 is 0 Å². The van der Waals surface area contributed by atoms with Crippen molar-refractivity contribution >= 4 is 0 Å². The standard InChI is InChI=1S/C5H5N2O/c1-4-2-6-5(8)7-3-4/h2-3H,1H3. The van der Waals surface area contributed by atoms with E-state index in [1.54, 1.807) is 0 Å². The Kier molecular flexibility index (Phi) is 1.12. The number of aromatic nitrogens is 2. The molecule has 0 aliphatic heterocycles. The topological polar surface area (TPSA) is 45.7 Å². The summed E-state index contributed by atoms with van der Waals surface area (Å²) < 4.78 is 0. The summed E-state index contributed by atoms with van der Waals surface area (Å²) in [7, 11) is 0. The van der Waals surface area contributed by atoms with Crippen LogP contribution in [0.4, 0.5) is 0 Å². The van der Waals surface area contributed by atoms with Gasteiger partial charge in [0.15, 0.2) is 0 Å². The number of aryl methyl sites for hydroxylation is 1. The first kappa shape index (κ1) is 5.03. The predicted octanol–water partition coefficient (Wildman–Crippen LogP) is 0.929. The summed E-state index contributed by atoms with van der Waals surface area (Å²) in [6.45, 7) is 1.83. The molecule has 0 N–H and O–H groups in total. The molecule has 1 heterocycles. The van der Waals surface area contributed by atoms with Crippen LogP contribution in [0.1, 0.15) is 5.56 Å². The molecule has 0 aliphatic rings. The molecule has 0 bridgehead atoms. The highest BCUT2D eigenvalue weighted by Crippen LogP contribution is 1.97. The van der Waals surface area contributed by atoms with E-state index in [0.717, 1.165) is 5.56 Å². The molecule has 1 radical (unpaired) electrons. The quantitative estimate of drug-likeness (QED) is 0.497. The molecule has 0 saturated heterocycles. The molecule has 0 unspecified atom stereocenters. The summed E-state index contributed by atoms with van der Waals surface area (Å²) in [6, 6.07) is -0.421. The maximum absolute atomic E-state index is 10.2. The van der Waals surface area contributed by atoms with Crippen molar-refractivity contribution < 1.29 is 5.11 Å². The van der Waals surface area contributed by atoms with Crippen LogP contribution in [0, 0.1) is 6.92 Å². The maximum Gasteiger partial charge on any atom is 0.366 e. The van der Waals surface area contributed by atoms with Crippen LogP contribution in [0.2, 0.25) is 0 Å². The lowest BCUT2D eigenvalue weighted by Crippen LogP contribution is -1.78. The molecule has 3 nitrogen and oxygen atoms in total. The summed E-state index contributed by atoms with van der Waals surface area (Å²) in [6.07, 6.45) is 2.99. The molecular formula is C5H5N2O. The lowest BCUT2D eigenvalue weighted by atomic mass is 10.4. The Morgan fingerprint density at radius 3 is 2.25 bits per heavy atom. The van der Waals surface area contributed by atoms with Crippen molar-refractivity contribution in [3.05, 3.63) is 18.0 Å². The highest BCUT2D eigenvalue weighted by Gasteiger charge is 1.88. The number of hydrogen-bond donors (Lipinski definition) is 0. The van der Waals surface area contributed by atoms with Crippen LogP contribution in [0.3, 0.4) is 0 Å². The van der Waals surface area contributed by atoms with Gasteiger partial charge in [0.1, 0.15) is 0 Å². The van der Waals surface area contributed by atoms with E-state index in [-0.39, 0.29) is 0 Å². The van der Waals surface area contributed by atoms with E-state index in [9.17, 15) is 5.11 Å². The average Bonchev–Trinajstić information content (AvgIpc) is 1.77. The van der Waals surface area contributed by atoms with E-state index in [1.165, 1.54) is 12.4 Å². The first-order chi connectivity index (χ1) is 3.79. The van der Waals surface area contributed by atoms with Gasteiger partial charge in [-0.05, 0) is 12.5 Å². The molecule has 0 aliphatic carbocycles. The zero-order valence-electron chi connectivity index (χ0n) is 4.46. The normalized spacial score (nSPS) is 9.12. The third-order valence-electron chi connectivity index (χ3n) is 0.757. The van der Waals surface area contributed by atoms with E-state index < -0.39 is 6.01 Å². The van der Waals surface area contributed by atoms with Gasteiger partial charge in [-0.3, -0.25) is 0 Å². The van der Waals surface area contributed by atoms with Crippen molar-refractivity contribution in [2.75, 3.05) is 0 Å². The second-order valence-corrected chi connectivity index (χ2v) is 1.54. The molecule has 0 saturated carbocycles. The molecule has 1 aromatic rings. The minimum absolute atomic E-state index is 0.421. The monoisotopic (exact) mass is 109 g/mol. The van der Waals surface area contributed by atoms with Gasteiger partial charge in [-0.25, -0.2) is 5.11 Å². The molecule has 1 aromatic heterocycles. The maximum atomic E-state index is 10.2. The summed E-state index contributed by atoms with van der Waals surface area (Å²) in [4.78, 5) is 6.82. The summed E-state index contributed by atoms with van der Waals surface area (Å²) in [5.41, 5.74) is 0.907. The highest BCUT2D eigenvalue weighted by molar-refractivity contribution is 5.02. The van der Waals surface area contributed by atoms with Gasteiger partial charge in [0, 0.05) is 12.4 Å². The first-order valence-corrected chi connectivity index (χ1v) is 2.25. The molecular weight excluding hydrogens is 104 g/mol. The molecule has 0 spiro atoms. The van der Waals surface area contributed by atoms with Crippen LogP contribution in [-0.2, 0) is 5.11 Å². The molecule has 1 rings (SSSR count). The van der Waals surface area contributed by atoms with Gasteiger partial charge >= 0.3 is 6.01 Å². The lowest BCUT2D eigenvalue weighted by Gasteiger charge is -1.84. The van der Waals surface area contributed by atoms with E-state index in [4.69, 9.17) is 0 Å². The smallest absolute Gasteiger partial charge is 0.244 e. The first-order valence-electron chi connectivity index (χ1n) is 2.25. The Hall–Kier alpha value is -1.12. The van der Waals surface area contributed by atoms with Crippen molar-refractivity contribution in [1.82, 2.24) is 9.97 Å². The fraction of sp³-hybridized carbons (Fsp3) is 0.200. The fourth-order valence-corrected chi connectivity index (χ4v) is 0.381. The minimum Gasteiger partial charge on any atom is -0.244 e. The van der Waals surface area contributed by atoms with Gasteiger partial charge in [0.2, 0.25) is 0 Å². The van der Waals surface area contributed by atoms with Crippen molar-refractivity contribution in [3.8, 4) is 6.01 Å². The van der Waals surface area contributed by atoms with Crippen molar-refractivity contribution in [3.63, 3.8) is 0 Å². The average molecular weight is 109 g/mol. The fourth-order valence-electron chi connectivity index (χ4n) is 0.381.